The third-order valence-corrected chi connectivity index (χ3v) is 5.09. The highest BCUT2D eigenvalue weighted by Gasteiger charge is 2.36. The molecule has 2 N–H and O–H groups in total. The van der Waals surface area contributed by atoms with Gasteiger partial charge in [0.05, 0.1) is 0 Å². The van der Waals surface area contributed by atoms with E-state index in [1.165, 1.54) is 19.3 Å². The van der Waals surface area contributed by atoms with Crippen LogP contribution in [0.4, 0.5) is 4.79 Å². The number of hydrogen-bond acceptors (Lipinski definition) is 2. The Bertz CT molecular complexity index is 403. The van der Waals surface area contributed by atoms with Crippen LogP contribution in [0, 0.1) is 0 Å². The van der Waals surface area contributed by atoms with E-state index in [4.69, 9.17) is 0 Å². The Morgan fingerprint density at radius 1 is 1.09 bits per heavy atom. The van der Waals surface area contributed by atoms with E-state index in [2.05, 4.69) is 17.6 Å². The molecular formula is C17H31N3O2. The first-order chi connectivity index (χ1) is 10.4. The van der Waals surface area contributed by atoms with Gasteiger partial charge in [-0.05, 0) is 46.0 Å². The Kier molecular flexibility index (Phi) is 5.70. The van der Waals surface area contributed by atoms with Gasteiger partial charge in [-0.15, -0.1) is 0 Å². The van der Waals surface area contributed by atoms with E-state index in [0.29, 0.717) is 6.54 Å². The Balaban J connectivity index is 1.91. The molecule has 2 rings (SSSR count). The topological polar surface area (TPSA) is 61.4 Å². The Hall–Kier alpha value is -1.26. The summed E-state index contributed by atoms with van der Waals surface area (Å²) in [6, 6.07) is -0.0779. The maximum absolute atomic E-state index is 12.5. The predicted octanol–water partition coefficient (Wildman–Crippen LogP) is 2.80. The van der Waals surface area contributed by atoms with Crippen LogP contribution in [0.25, 0.3) is 0 Å². The molecule has 1 heterocycles. The van der Waals surface area contributed by atoms with Gasteiger partial charge in [0.15, 0.2) is 0 Å². The summed E-state index contributed by atoms with van der Waals surface area (Å²) in [7, 11) is 0. The fourth-order valence-corrected chi connectivity index (χ4v) is 3.29. The molecule has 1 saturated carbocycles. The lowest BCUT2D eigenvalue weighted by Gasteiger charge is -2.31. The summed E-state index contributed by atoms with van der Waals surface area (Å²) < 4.78 is 0. The summed E-state index contributed by atoms with van der Waals surface area (Å²) in [5.41, 5.74) is -0.217. The number of carbonyl (C=O) groups excluding carboxylic acids is 2. The van der Waals surface area contributed by atoms with E-state index >= 15 is 0 Å². The number of hydrogen-bond donors (Lipinski definition) is 2. The number of amides is 3. The summed E-state index contributed by atoms with van der Waals surface area (Å²) in [5, 5.41) is 6.21. The summed E-state index contributed by atoms with van der Waals surface area (Å²) in [6.07, 6.45) is 8.34. The average molecular weight is 309 g/mol. The molecule has 1 atom stereocenters. The Labute approximate surface area is 134 Å². The standard InChI is InChI=1S/C17H31N3O2/c1-4-17(2,3)19-15(21)14-11-8-12-20(14)16(22)18-13-9-6-5-7-10-13/h13-14H,4-12H2,1-3H3,(H,18,22)(H,19,21)/t14-/m1/s1. The normalized spacial score (nSPS) is 23.4. The monoisotopic (exact) mass is 309 g/mol. The van der Waals surface area contributed by atoms with Crippen molar-refractivity contribution < 1.29 is 9.59 Å². The van der Waals surface area contributed by atoms with Crippen LogP contribution in [0.2, 0.25) is 0 Å². The molecule has 126 valence electrons. The second-order valence-corrected chi connectivity index (χ2v) is 7.36. The van der Waals surface area contributed by atoms with Crippen molar-refractivity contribution in [3.8, 4) is 0 Å². The Morgan fingerprint density at radius 3 is 2.41 bits per heavy atom. The second kappa shape index (κ2) is 7.34. The minimum absolute atomic E-state index is 0.0110. The zero-order valence-corrected chi connectivity index (χ0v) is 14.3. The fraction of sp³-hybridized carbons (Fsp3) is 0.882. The van der Waals surface area contributed by atoms with Crippen LogP contribution in [0.15, 0.2) is 0 Å². The summed E-state index contributed by atoms with van der Waals surface area (Å²) in [6.45, 7) is 6.78. The SMILES string of the molecule is CCC(C)(C)NC(=O)[C@H]1CCCN1C(=O)NC1CCCCC1. The molecule has 2 fully saturated rings. The molecule has 0 spiro atoms. The molecule has 2 aliphatic rings. The van der Waals surface area contributed by atoms with Crippen LogP contribution in [0.1, 0.15) is 72.1 Å². The van der Waals surface area contributed by atoms with Crippen molar-refractivity contribution in [1.29, 1.82) is 0 Å². The van der Waals surface area contributed by atoms with Crippen LogP contribution in [0.5, 0.6) is 0 Å². The maximum atomic E-state index is 12.5. The smallest absolute Gasteiger partial charge is 0.318 e. The van der Waals surface area contributed by atoms with Gasteiger partial charge in [-0.1, -0.05) is 26.2 Å². The fourth-order valence-electron chi connectivity index (χ4n) is 3.29. The van der Waals surface area contributed by atoms with Gasteiger partial charge in [0.2, 0.25) is 5.91 Å². The van der Waals surface area contributed by atoms with E-state index in [-0.39, 0.29) is 29.6 Å². The van der Waals surface area contributed by atoms with Crippen molar-refractivity contribution in [3.63, 3.8) is 0 Å². The van der Waals surface area contributed by atoms with Crippen molar-refractivity contribution >= 4 is 11.9 Å². The molecule has 0 aromatic rings. The predicted molar refractivity (Wildman–Crippen MR) is 87.6 cm³/mol. The minimum Gasteiger partial charge on any atom is -0.349 e. The van der Waals surface area contributed by atoms with Crippen molar-refractivity contribution in [2.45, 2.75) is 89.8 Å². The van der Waals surface area contributed by atoms with Crippen molar-refractivity contribution in [3.05, 3.63) is 0 Å². The number of likely N-dealkylation sites (tertiary alicyclic amines) is 1. The van der Waals surface area contributed by atoms with Gasteiger partial charge in [0.1, 0.15) is 6.04 Å². The number of nitrogens with zero attached hydrogens (tertiary/aromatic N) is 1. The third-order valence-electron chi connectivity index (χ3n) is 5.09. The van der Waals surface area contributed by atoms with Crippen LogP contribution in [-0.4, -0.2) is 41.0 Å². The molecule has 3 amide bonds. The molecule has 0 aromatic carbocycles. The molecule has 22 heavy (non-hydrogen) atoms. The highest BCUT2D eigenvalue weighted by Crippen LogP contribution is 2.21. The first-order valence-electron chi connectivity index (χ1n) is 8.82. The first-order valence-corrected chi connectivity index (χ1v) is 8.82. The minimum atomic E-state index is -0.311. The first kappa shape index (κ1) is 17.1. The number of urea groups is 1. The van der Waals surface area contributed by atoms with Crippen LogP contribution in [-0.2, 0) is 4.79 Å². The van der Waals surface area contributed by atoms with E-state index in [1.807, 2.05) is 13.8 Å². The molecule has 0 bridgehead atoms. The van der Waals surface area contributed by atoms with Gasteiger partial charge in [-0.2, -0.15) is 0 Å². The highest BCUT2D eigenvalue weighted by atomic mass is 16.2. The zero-order chi connectivity index (χ0) is 16.2. The van der Waals surface area contributed by atoms with Gasteiger partial charge in [0.25, 0.3) is 0 Å². The molecule has 0 radical (unpaired) electrons. The summed E-state index contributed by atoms with van der Waals surface area (Å²) in [4.78, 5) is 26.7. The van der Waals surface area contributed by atoms with Crippen LogP contribution >= 0.6 is 0 Å². The third kappa shape index (κ3) is 4.37. The highest BCUT2D eigenvalue weighted by molar-refractivity contribution is 5.88. The van der Waals surface area contributed by atoms with E-state index in [0.717, 1.165) is 32.1 Å². The molecule has 0 unspecified atom stereocenters. The van der Waals surface area contributed by atoms with Crippen LogP contribution < -0.4 is 10.6 Å². The number of carbonyl (C=O) groups is 2. The molecule has 5 nitrogen and oxygen atoms in total. The van der Waals surface area contributed by atoms with E-state index < -0.39 is 0 Å². The molecule has 1 saturated heterocycles. The van der Waals surface area contributed by atoms with Crippen molar-refractivity contribution in [1.82, 2.24) is 15.5 Å². The van der Waals surface area contributed by atoms with E-state index in [1.54, 1.807) is 4.90 Å². The lowest BCUT2D eigenvalue weighted by Crippen LogP contribution is -2.55. The van der Waals surface area contributed by atoms with Gasteiger partial charge in [-0.25, -0.2) is 4.79 Å². The number of nitrogens with one attached hydrogen (secondary N) is 2. The maximum Gasteiger partial charge on any atom is 0.318 e. The second-order valence-electron chi connectivity index (χ2n) is 7.36. The van der Waals surface area contributed by atoms with Gasteiger partial charge in [0, 0.05) is 18.1 Å². The van der Waals surface area contributed by atoms with E-state index in [9.17, 15) is 9.59 Å². The van der Waals surface area contributed by atoms with Crippen molar-refractivity contribution in [2.24, 2.45) is 0 Å². The largest absolute Gasteiger partial charge is 0.349 e. The van der Waals surface area contributed by atoms with Crippen molar-refractivity contribution in [2.75, 3.05) is 6.54 Å². The lowest BCUT2D eigenvalue weighted by atomic mass is 9.96. The molecule has 1 aliphatic heterocycles. The molecule has 5 heteroatoms. The Morgan fingerprint density at radius 2 is 1.77 bits per heavy atom. The molecule has 1 aliphatic carbocycles. The zero-order valence-electron chi connectivity index (χ0n) is 14.3. The number of rotatable bonds is 4. The average Bonchev–Trinajstić information content (AvgIpc) is 2.97. The summed E-state index contributed by atoms with van der Waals surface area (Å²) >= 11 is 0. The van der Waals surface area contributed by atoms with Crippen LogP contribution in [0.3, 0.4) is 0 Å². The molecular weight excluding hydrogens is 278 g/mol. The van der Waals surface area contributed by atoms with Gasteiger partial charge >= 0.3 is 6.03 Å². The lowest BCUT2D eigenvalue weighted by molar-refractivity contribution is -0.126. The quantitative estimate of drug-likeness (QED) is 0.839. The molecule has 0 aromatic heterocycles. The van der Waals surface area contributed by atoms with Gasteiger partial charge < -0.3 is 15.5 Å². The summed E-state index contributed by atoms with van der Waals surface area (Å²) in [5.74, 6) is -0.0110. The van der Waals surface area contributed by atoms with Gasteiger partial charge in [-0.3, -0.25) is 4.79 Å².